The van der Waals surface area contributed by atoms with Crippen LogP contribution in [0.4, 0.5) is 0 Å². The Morgan fingerprint density at radius 3 is 2.86 bits per heavy atom. The number of hydrogen-bond donors (Lipinski definition) is 2. The lowest BCUT2D eigenvalue weighted by molar-refractivity contribution is 0.164. The Balaban J connectivity index is 2.85. The molecule has 2 N–H and O–H groups in total. The van der Waals surface area contributed by atoms with E-state index in [-0.39, 0.29) is 0 Å². The van der Waals surface area contributed by atoms with Gasteiger partial charge in [0.2, 0.25) is 0 Å². The molecule has 6 heteroatoms. The number of unbranched alkanes of at least 4 members (excludes halogenated alkanes) is 1. The van der Waals surface area contributed by atoms with Crippen LogP contribution in [0.1, 0.15) is 19.8 Å². The summed E-state index contributed by atoms with van der Waals surface area (Å²) in [6, 6.07) is 1.18. The van der Waals surface area contributed by atoms with E-state index in [0.29, 0.717) is 6.54 Å². The minimum absolute atomic E-state index is 0.350. The standard InChI is InChI=1S/C8H13N3O3/c1-2-3-5-11(14)10-6-4-7(12)9-8(10)13/h4,6,14H,2-3,5H2,1H3,(H,9,12,13). The average Bonchev–Trinajstić information content (AvgIpc) is 2.14. The molecule has 1 rings (SSSR count). The topological polar surface area (TPSA) is 78.3 Å². The second-order valence-electron chi connectivity index (χ2n) is 2.90. The molecule has 1 heterocycles. The Morgan fingerprint density at radius 1 is 1.57 bits per heavy atom. The first kappa shape index (κ1) is 10.5. The second kappa shape index (κ2) is 4.61. The smallest absolute Gasteiger partial charge is 0.273 e. The Labute approximate surface area is 80.3 Å². The molecule has 0 bridgehead atoms. The van der Waals surface area contributed by atoms with Crippen molar-refractivity contribution in [2.45, 2.75) is 19.8 Å². The zero-order valence-electron chi connectivity index (χ0n) is 7.93. The van der Waals surface area contributed by atoms with Gasteiger partial charge >= 0.3 is 5.69 Å². The molecule has 0 atom stereocenters. The molecule has 1 aromatic rings. The van der Waals surface area contributed by atoms with Crippen molar-refractivity contribution in [1.82, 2.24) is 9.66 Å². The van der Waals surface area contributed by atoms with Crippen molar-refractivity contribution in [2.75, 3.05) is 11.7 Å². The van der Waals surface area contributed by atoms with Crippen LogP contribution in [0.2, 0.25) is 0 Å². The van der Waals surface area contributed by atoms with Crippen LogP contribution in [-0.2, 0) is 0 Å². The lowest BCUT2D eigenvalue weighted by Gasteiger charge is -2.17. The number of hydrogen-bond acceptors (Lipinski definition) is 4. The van der Waals surface area contributed by atoms with E-state index in [1.165, 1.54) is 12.3 Å². The number of aromatic amines is 1. The second-order valence-corrected chi connectivity index (χ2v) is 2.90. The van der Waals surface area contributed by atoms with E-state index in [0.717, 1.165) is 22.7 Å². The molecule has 1 aromatic heterocycles. The van der Waals surface area contributed by atoms with Crippen molar-refractivity contribution < 1.29 is 5.21 Å². The van der Waals surface area contributed by atoms with Crippen LogP contribution < -0.4 is 16.4 Å². The Morgan fingerprint density at radius 2 is 2.29 bits per heavy atom. The Hall–Kier alpha value is -1.56. The number of H-pyrrole nitrogens is 1. The molecule has 0 aromatic carbocycles. The molecule has 78 valence electrons. The van der Waals surface area contributed by atoms with Gasteiger partial charge in [0.05, 0.1) is 6.54 Å². The molecule has 0 saturated heterocycles. The molecule has 0 aliphatic carbocycles. The highest BCUT2D eigenvalue weighted by Crippen LogP contribution is 1.88. The first-order chi connectivity index (χ1) is 6.65. The third kappa shape index (κ3) is 2.46. The monoisotopic (exact) mass is 199 g/mol. The van der Waals surface area contributed by atoms with Crippen LogP contribution >= 0.6 is 0 Å². The number of hydroxylamine groups is 1. The fourth-order valence-electron chi connectivity index (χ4n) is 0.999. The molecular weight excluding hydrogens is 186 g/mol. The summed E-state index contributed by atoms with van der Waals surface area (Å²) in [5, 5.41) is 10.2. The van der Waals surface area contributed by atoms with Crippen LogP contribution in [0.3, 0.4) is 0 Å². The molecule has 0 unspecified atom stereocenters. The summed E-state index contributed by atoms with van der Waals surface area (Å²) in [6.45, 7) is 2.33. The van der Waals surface area contributed by atoms with E-state index in [1.807, 2.05) is 11.9 Å². The van der Waals surface area contributed by atoms with Gasteiger partial charge < -0.3 is 0 Å². The van der Waals surface area contributed by atoms with E-state index in [4.69, 9.17) is 0 Å². The predicted molar refractivity (Wildman–Crippen MR) is 51.1 cm³/mol. The number of nitrogens with one attached hydrogen (secondary N) is 1. The van der Waals surface area contributed by atoms with E-state index in [9.17, 15) is 14.8 Å². The van der Waals surface area contributed by atoms with E-state index in [1.54, 1.807) is 0 Å². The van der Waals surface area contributed by atoms with Gasteiger partial charge in [-0.15, -0.1) is 0 Å². The minimum atomic E-state index is -0.642. The number of rotatable bonds is 4. The zero-order chi connectivity index (χ0) is 10.6. The Bertz CT molecular complexity index is 395. The highest BCUT2D eigenvalue weighted by Gasteiger charge is 2.02. The summed E-state index contributed by atoms with van der Waals surface area (Å²) < 4.78 is 0.955. The quantitative estimate of drug-likeness (QED) is 0.650. The Kier molecular flexibility index (Phi) is 3.47. The average molecular weight is 199 g/mol. The normalized spacial score (nSPS) is 10.1. The maximum Gasteiger partial charge on any atom is 0.348 e. The third-order valence-electron chi connectivity index (χ3n) is 1.77. The van der Waals surface area contributed by atoms with Gasteiger partial charge in [0.15, 0.2) is 0 Å². The van der Waals surface area contributed by atoms with Gasteiger partial charge in [-0.2, -0.15) is 9.85 Å². The fourth-order valence-corrected chi connectivity index (χ4v) is 0.999. The lowest BCUT2D eigenvalue weighted by atomic mass is 10.3. The highest BCUT2D eigenvalue weighted by molar-refractivity contribution is 4.86. The van der Waals surface area contributed by atoms with Crippen LogP contribution in [-0.4, -0.2) is 21.4 Å². The van der Waals surface area contributed by atoms with Gasteiger partial charge in [0, 0.05) is 12.3 Å². The molecule has 0 spiro atoms. The van der Waals surface area contributed by atoms with Crippen molar-refractivity contribution >= 4 is 0 Å². The first-order valence-corrected chi connectivity index (χ1v) is 4.44. The number of nitrogens with zero attached hydrogens (tertiary/aromatic N) is 2. The minimum Gasteiger partial charge on any atom is -0.273 e. The summed E-state index contributed by atoms with van der Waals surface area (Å²) in [5.74, 6) is 0. The van der Waals surface area contributed by atoms with Gasteiger partial charge in [0.1, 0.15) is 0 Å². The molecule has 0 aliphatic heterocycles. The van der Waals surface area contributed by atoms with Crippen molar-refractivity contribution in [3.8, 4) is 0 Å². The van der Waals surface area contributed by atoms with E-state index >= 15 is 0 Å². The van der Waals surface area contributed by atoms with Gasteiger partial charge in [-0.05, 0) is 6.42 Å². The lowest BCUT2D eigenvalue weighted by Crippen LogP contribution is -2.43. The number of aromatic nitrogens is 2. The zero-order valence-corrected chi connectivity index (χ0v) is 7.93. The molecular formula is C8H13N3O3. The first-order valence-electron chi connectivity index (χ1n) is 4.44. The SMILES string of the molecule is CCCCN(O)n1ccc(=O)[nH]c1=O. The molecule has 14 heavy (non-hydrogen) atoms. The summed E-state index contributed by atoms with van der Waals surface area (Å²) in [5.41, 5.74) is -1.12. The summed E-state index contributed by atoms with van der Waals surface area (Å²) in [7, 11) is 0. The molecule has 0 amide bonds. The molecule has 0 aliphatic rings. The maximum atomic E-state index is 11.2. The predicted octanol–water partition coefficient (Wildman–Crippen LogP) is -0.336. The van der Waals surface area contributed by atoms with Crippen molar-refractivity contribution in [1.29, 1.82) is 0 Å². The van der Waals surface area contributed by atoms with Crippen LogP contribution in [0.25, 0.3) is 0 Å². The molecule has 0 radical (unpaired) electrons. The van der Waals surface area contributed by atoms with E-state index < -0.39 is 11.2 Å². The van der Waals surface area contributed by atoms with E-state index in [2.05, 4.69) is 0 Å². The largest absolute Gasteiger partial charge is 0.348 e. The molecule has 0 fully saturated rings. The van der Waals surface area contributed by atoms with Crippen molar-refractivity contribution in [2.24, 2.45) is 0 Å². The molecule has 0 saturated carbocycles. The maximum absolute atomic E-state index is 11.2. The third-order valence-corrected chi connectivity index (χ3v) is 1.77. The fraction of sp³-hybridized carbons (Fsp3) is 0.500. The summed E-state index contributed by atoms with van der Waals surface area (Å²) in [6.07, 6.45) is 2.91. The van der Waals surface area contributed by atoms with Crippen LogP contribution in [0.5, 0.6) is 0 Å². The van der Waals surface area contributed by atoms with Gasteiger partial charge in [-0.25, -0.2) is 4.79 Å². The summed E-state index contributed by atoms with van der Waals surface area (Å²) in [4.78, 5) is 23.9. The van der Waals surface area contributed by atoms with Crippen molar-refractivity contribution in [3.63, 3.8) is 0 Å². The molecule has 6 nitrogen and oxygen atoms in total. The van der Waals surface area contributed by atoms with Gasteiger partial charge in [0.25, 0.3) is 5.56 Å². The van der Waals surface area contributed by atoms with Gasteiger partial charge in [-0.1, -0.05) is 13.3 Å². The summed E-state index contributed by atoms with van der Waals surface area (Å²) >= 11 is 0. The van der Waals surface area contributed by atoms with Crippen LogP contribution in [0.15, 0.2) is 21.9 Å². The highest BCUT2D eigenvalue weighted by atomic mass is 16.5. The van der Waals surface area contributed by atoms with Gasteiger partial charge in [-0.3, -0.25) is 15.0 Å². The van der Waals surface area contributed by atoms with Crippen molar-refractivity contribution in [3.05, 3.63) is 33.1 Å². The van der Waals surface area contributed by atoms with Crippen LogP contribution in [0, 0.1) is 0 Å².